The van der Waals surface area contributed by atoms with Gasteiger partial charge in [-0.2, -0.15) is 0 Å². The van der Waals surface area contributed by atoms with Crippen LogP contribution in [0.4, 0.5) is 8.78 Å². The van der Waals surface area contributed by atoms with Crippen molar-refractivity contribution < 1.29 is 8.78 Å². The molecule has 0 saturated carbocycles. The summed E-state index contributed by atoms with van der Waals surface area (Å²) in [5.74, 6) is 0.470. The number of halogens is 2. The molecule has 0 unspecified atom stereocenters. The van der Waals surface area contributed by atoms with Gasteiger partial charge in [0.2, 0.25) is 0 Å². The Bertz CT molecular complexity index is 855. The van der Waals surface area contributed by atoms with Crippen LogP contribution in [0.3, 0.4) is 0 Å². The second-order valence-corrected chi connectivity index (χ2v) is 5.54. The van der Waals surface area contributed by atoms with E-state index >= 15 is 0 Å². The van der Waals surface area contributed by atoms with Crippen molar-refractivity contribution in [1.82, 2.24) is 20.6 Å². The molecular formula is C18H19F2N5. The van der Waals surface area contributed by atoms with Crippen molar-refractivity contribution in [2.24, 2.45) is 4.99 Å². The monoisotopic (exact) mass is 343 g/mol. The van der Waals surface area contributed by atoms with Crippen molar-refractivity contribution in [3.63, 3.8) is 0 Å². The minimum absolute atomic E-state index is 0.147. The molecule has 0 fully saturated rings. The second-order valence-electron chi connectivity index (χ2n) is 5.54. The lowest BCUT2D eigenvalue weighted by Gasteiger charge is -2.12. The first-order chi connectivity index (χ1) is 12.2. The first kappa shape index (κ1) is 16.9. The van der Waals surface area contributed by atoms with E-state index in [-0.39, 0.29) is 12.1 Å². The highest BCUT2D eigenvalue weighted by molar-refractivity contribution is 5.79. The van der Waals surface area contributed by atoms with Gasteiger partial charge >= 0.3 is 0 Å². The molecule has 0 aliphatic heterocycles. The maximum Gasteiger partial charge on any atom is 0.191 e. The molecule has 3 N–H and O–H groups in total. The number of hydrogen-bond acceptors (Lipinski definition) is 2. The minimum atomic E-state index is -0.467. The Labute approximate surface area is 144 Å². The lowest BCUT2D eigenvalue weighted by atomic mass is 10.2. The second kappa shape index (κ2) is 7.74. The van der Waals surface area contributed by atoms with Gasteiger partial charge in [-0.05, 0) is 30.3 Å². The van der Waals surface area contributed by atoms with Crippen molar-refractivity contribution in [3.8, 4) is 0 Å². The fraction of sp³-hybridized carbons (Fsp3) is 0.222. The number of fused-ring (bicyclic) bond motifs is 1. The van der Waals surface area contributed by atoms with Gasteiger partial charge in [-0.25, -0.2) is 13.8 Å². The Kier molecular flexibility index (Phi) is 5.23. The third-order valence-electron chi connectivity index (χ3n) is 3.77. The van der Waals surface area contributed by atoms with Gasteiger partial charge in [0.15, 0.2) is 5.96 Å². The van der Waals surface area contributed by atoms with Crippen LogP contribution in [-0.4, -0.2) is 29.5 Å². The number of aliphatic imine (C=N–C) groups is 1. The van der Waals surface area contributed by atoms with Crippen LogP contribution in [0.25, 0.3) is 11.0 Å². The molecule has 130 valence electrons. The molecule has 0 bridgehead atoms. The topological polar surface area (TPSA) is 65.1 Å². The van der Waals surface area contributed by atoms with E-state index in [4.69, 9.17) is 0 Å². The molecule has 0 amide bonds. The van der Waals surface area contributed by atoms with Crippen LogP contribution in [0, 0.1) is 11.6 Å². The summed E-state index contributed by atoms with van der Waals surface area (Å²) < 4.78 is 26.8. The number of aromatic amines is 1. The van der Waals surface area contributed by atoms with Crippen molar-refractivity contribution >= 4 is 17.0 Å². The van der Waals surface area contributed by atoms with Crippen LogP contribution in [-0.2, 0) is 13.0 Å². The van der Waals surface area contributed by atoms with Crippen molar-refractivity contribution in [1.29, 1.82) is 0 Å². The first-order valence-corrected chi connectivity index (χ1v) is 7.98. The molecule has 3 aromatic rings. The van der Waals surface area contributed by atoms with Gasteiger partial charge in [-0.1, -0.05) is 12.1 Å². The number of guanidine groups is 1. The van der Waals surface area contributed by atoms with Crippen LogP contribution < -0.4 is 10.6 Å². The van der Waals surface area contributed by atoms with Crippen LogP contribution in [0.1, 0.15) is 11.4 Å². The van der Waals surface area contributed by atoms with Gasteiger partial charge in [0.1, 0.15) is 17.5 Å². The van der Waals surface area contributed by atoms with Gasteiger partial charge in [-0.15, -0.1) is 0 Å². The smallest absolute Gasteiger partial charge is 0.191 e. The standard InChI is InChI=1S/C18H19F2N5/c1-21-18(23-11-12-10-13(19)6-7-14(12)20)22-9-8-17-24-15-4-2-3-5-16(15)25-17/h2-7,10H,8-9,11H2,1H3,(H,24,25)(H2,21,22,23). The Morgan fingerprint density at radius 2 is 2.00 bits per heavy atom. The van der Waals surface area contributed by atoms with Crippen molar-refractivity contribution in [2.75, 3.05) is 13.6 Å². The summed E-state index contributed by atoms with van der Waals surface area (Å²) in [5, 5.41) is 6.10. The molecule has 0 radical (unpaired) electrons. The number of rotatable bonds is 5. The van der Waals surface area contributed by atoms with E-state index in [1.165, 1.54) is 6.07 Å². The zero-order chi connectivity index (χ0) is 17.6. The van der Waals surface area contributed by atoms with E-state index in [9.17, 15) is 8.78 Å². The zero-order valence-corrected chi connectivity index (χ0v) is 13.8. The average molecular weight is 343 g/mol. The molecule has 25 heavy (non-hydrogen) atoms. The summed E-state index contributed by atoms with van der Waals surface area (Å²) in [6.07, 6.45) is 0.684. The molecular weight excluding hydrogens is 324 g/mol. The summed E-state index contributed by atoms with van der Waals surface area (Å²) in [6.45, 7) is 0.749. The molecule has 0 spiro atoms. The van der Waals surface area contributed by atoms with Gasteiger partial charge in [0, 0.05) is 32.1 Å². The SMILES string of the molecule is CN=C(NCCc1nc2ccccc2[nH]1)NCc1cc(F)ccc1F. The summed E-state index contributed by atoms with van der Waals surface area (Å²) >= 11 is 0. The third kappa shape index (κ3) is 4.32. The van der Waals surface area contributed by atoms with Crippen LogP contribution in [0.5, 0.6) is 0 Å². The van der Waals surface area contributed by atoms with Gasteiger partial charge in [0.05, 0.1) is 11.0 Å². The number of imidazole rings is 1. The fourth-order valence-electron chi connectivity index (χ4n) is 2.50. The Morgan fingerprint density at radius 3 is 2.80 bits per heavy atom. The highest BCUT2D eigenvalue weighted by Crippen LogP contribution is 2.10. The fourth-order valence-corrected chi connectivity index (χ4v) is 2.50. The number of aromatic nitrogens is 2. The van der Waals surface area contributed by atoms with Crippen molar-refractivity contribution in [3.05, 3.63) is 65.5 Å². The third-order valence-corrected chi connectivity index (χ3v) is 3.77. The van der Waals surface area contributed by atoms with Gasteiger partial charge in [0.25, 0.3) is 0 Å². The predicted molar refractivity (Wildman–Crippen MR) is 94.4 cm³/mol. The van der Waals surface area contributed by atoms with Gasteiger partial charge in [-0.3, -0.25) is 4.99 Å². The van der Waals surface area contributed by atoms with E-state index in [1.807, 2.05) is 24.3 Å². The average Bonchev–Trinajstić information content (AvgIpc) is 3.03. The number of H-pyrrole nitrogens is 1. The zero-order valence-electron chi connectivity index (χ0n) is 13.8. The molecule has 0 atom stereocenters. The van der Waals surface area contributed by atoms with Crippen molar-refractivity contribution in [2.45, 2.75) is 13.0 Å². The molecule has 1 aromatic heterocycles. The van der Waals surface area contributed by atoms with E-state index in [1.54, 1.807) is 7.05 Å². The van der Waals surface area contributed by atoms with E-state index in [0.717, 1.165) is 29.0 Å². The minimum Gasteiger partial charge on any atom is -0.356 e. The van der Waals surface area contributed by atoms with E-state index < -0.39 is 11.6 Å². The molecule has 2 aromatic carbocycles. The predicted octanol–water partition coefficient (Wildman–Crippen LogP) is 2.75. The van der Waals surface area contributed by atoms with Gasteiger partial charge < -0.3 is 15.6 Å². The summed E-state index contributed by atoms with van der Waals surface area (Å²) in [4.78, 5) is 11.8. The maximum atomic E-state index is 13.6. The number of benzene rings is 2. The largest absolute Gasteiger partial charge is 0.356 e. The van der Waals surface area contributed by atoms with Crippen LogP contribution in [0.15, 0.2) is 47.5 Å². The number of hydrogen-bond donors (Lipinski definition) is 3. The molecule has 3 rings (SSSR count). The number of nitrogens with one attached hydrogen (secondary N) is 3. The van der Waals surface area contributed by atoms with Crippen LogP contribution in [0.2, 0.25) is 0 Å². The number of para-hydroxylation sites is 2. The molecule has 0 aliphatic rings. The first-order valence-electron chi connectivity index (χ1n) is 7.98. The summed E-state index contributed by atoms with van der Waals surface area (Å²) in [7, 11) is 1.62. The maximum absolute atomic E-state index is 13.6. The Balaban J connectivity index is 1.51. The quantitative estimate of drug-likeness (QED) is 0.493. The Hall–Kier alpha value is -2.96. The molecule has 1 heterocycles. The highest BCUT2D eigenvalue weighted by Gasteiger charge is 2.06. The summed E-state index contributed by atoms with van der Waals surface area (Å²) in [5.41, 5.74) is 2.18. The Morgan fingerprint density at radius 1 is 1.16 bits per heavy atom. The van der Waals surface area contributed by atoms with E-state index in [0.29, 0.717) is 18.9 Å². The molecule has 0 saturated heterocycles. The number of nitrogens with zero attached hydrogens (tertiary/aromatic N) is 2. The summed E-state index contributed by atoms with van der Waals surface area (Å²) in [6, 6.07) is 11.2. The molecule has 5 nitrogen and oxygen atoms in total. The lowest BCUT2D eigenvalue weighted by Crippen LogP contribution is -2.38. The molecule has 0 aliphatic carbocycles. The van der Waals surface area contributed by atoms with E-state index in [2.05, 4.69) is 25.6 Å². The normalized spacial score (nSPS) is 11.7. The van der Waals surface area contributed by atoms with Crippen LogP contribution >= 0.6 is 0 Å². The molecule has 7 heteroatoms. The lowest BCUT2D eigenvalue weighted by molar-refractivity contribution is 0.581. The highest BCUT2D eigenvalue weighted by atomic mass is 19.1.